The van der Waals surface area contributed by atoms with E-state index in [0.29, 0.717) is 30.0 Å². The van der Waals surface area contributed by atoms with E-state index in [0.717, 1.165) is 0 Å². The van der Waals surface area contributed by atoms with Gasteiger partial charge in [-0.2, -0.15) is 10.4 Å². The molecule has 20 heavy (non-hydrogen) atoms. The quantitative estimate of drug-likeness (QED) is 0.895. The van der Waals surface area contributed by atoms with Gasteiger partial charge in [-0.3, -0.25) is 9.48 Å². The van der Waals surface area contributed by atoms with Crippen molar-refractivity contribution in [2.24, 2.45) is 0 Å². The number of hydrogen-bond donors (Lipinski definition) is 1. The largest absolute Gasteiger partial charge is 0.383 e. The molecular formula is C14H14N4O2. The zero-order valence-electron chi connectivity index (χ0n) is 11.0. The molecule has 0 aliphatic carbocycles. The zero-order chi connectivity index (χ0) is 14.4. The maximum atomic E-state index is 12.0. The Bertz CT molecular complexity index is 625. The SMILES string of the molecule is COCCn1cc(NC(=O)c2ccc(C#N)cc2)cn1. The molecule has 0 saturated heterocycles. The van der Waals surface area contributed by atoms with Crippen LogP contribution in [0.5, 0.6) is 0 Å². The smallest absolute Gasteiger partial charge is 0.255 e. The van der Waals surface area contributed by atoms with E-state index in [1.165, 1.54) is 0 Å². The molecule has 1 amide bonds. The molecule has 6 nitrogen and oxygen atoms in total. The lowest BCUT2D eigenvalue weighted by Gasteiger charge is -2.02. The molecule has 6 heteroatoms. The number of nitrogens with one attached hydrogen (secondary N) is 1. The number of hydrogen-bond acceptors (Lipinski definition) is 4. The zero-order valence-corrected chi connectivity index (χ0v) is 11.0. The molecule has 0 saturated carbocycles. The van der Waals surface area contributed by atoms with E-state index in [1.54, 1.807) is 48.5 Å². The fourth-order valence-electron chi connectivity index (χ4n) is 1.63. The van der Waals surface area contributed by atoms with E-state index in [-0.39, 0.29) is 5.91 Å². The van der Waals surface area contributed by atoms with Crippen molar-refractivity contribution in [3.63, 3.8) is 0 Å². The van der Waals surface area contributed by atoms with E-state index in [9.17, 15) is 4.79 Å². The minimum absolute atomic E-state index is 0.235. The summed E-state index contributed by atoms with van der Waals surface area (Å²) in [6.07, 6.45) is 3.32. The number of amides is 1. The van der Waals surface area contributed by atoms with Gasteiger partial charge in [0.15, 0.2) is 0 Å². The standard InChI is InChI=1S/C14H14N4O2/c1-20-7-6-18-10-13(9-16-18)17-14(19)12-4-2-11(8-15)3-5-12/h2-5,9-10H,6-7H2,1H3,(H,17,19). The molecular weight excluding hydrogens is 256 g/mol. The van der Waals surface area contributed by atoms with Crippen LogP contribution in [0, 0.1) is 11.3 Å². The van der Waals surface area contributed by atoms with Gasteiger partial charge in [-0.25, -0.2) is 0 Å². The summed E-state index contributed by atoms with van der Waals surface area (Å²) in [5, 5.41) is 15.6. The average Bonchev–Trinajstić information content (AvgIpc) is 2.92. The van der Waals surface area contributed by atoms with E-state index >= 15 is 0 Å². The Morgan fingerprint density at radius 2 is 2.20 bits per heavy atom. The molecule has 0 bridgehead atoms. The highest BCUT2D eigenvalue weighted by Gasteiger charge is 2.07. The lowest BCUT2D eigenvalue weighted by Crippen LogP contribution is -2.11. The van der Waals surface area contributed by atoms with Crippen LogP contribution >= 0.6 is 0 Å². The Hall–Kier alpha value is -2.65. The van der Waals surface area contributed by atoms with Gasteiger partial charge in [0.1, 0.15) is 0 Å². The molecule has 0 aliphatic heterocycles. The van der Waals surface area contributed by atoms with Crippen LogP contribution < -0.4 is 5.32 Å². The van der Waals surface area contributed by atoms with E-state index in [1.807, 2.05) is 6.07 Å². The minimum Gasteiger partial charge on any atom is -0.383 e. The molecule has 1 N–H and O–H groups in total. The third-order valence-electron chi connectivity index (χ3n) is 2.69. The first-order chi connectivity index (χ1) is 9.72. The van der Waals surface area contributed by atoms with Gasteiger partial charge in [-0.1, -0.05) is 0 Å². The van der Waals surface area contributed by atoms with Gasteiger partial charge in [-0.15, -0.1) is 0 Å². The lowest BCUT2D eigenvalue weighted by molar-refractivity contribution is 0.102. The number of carbonyl (C=O) groups excluding carboxylic acids is 1. The monoisotopic (exact) mass is 270 g/mol. The fourth-order valence-corrected chi connectivity index (χ4v) is 1.63. The third-order valence-corrected chi connectivity index (χ3v) is 2.69. The topological polar surface area (TPSA) is 79.9 Å². The molecule has 0 atom stereocenters. The van der Waals surface area contributed by atoms with Gasteiger partial charge < -0.3 is 10.1 Å². The van der Waals surface area contributed by atoms with Crippen LogP contribution in [0.25, 0.3) is 0 Å². The Morgan fingerprint density at radius 3 is 2.85 bits per heavy atom. The number of anilines is 1. The molecule has 0 aliphatic rings. The molecule has 0 unspecified atom stereocenters. The maximum absolute atomic E-state index is 12.0. The number of carbonyl (C=O) groups is 1. The number of nitriles is 1. The summed E-state index contributed by atoms with van der Waals surface area (Å²) in [6.45, 7) is 1.19. The molecule has 2 aromatic rings. The van der Waals surface area contributed by atoms with Crippen molar-refractivity contribution in [3.8, 4) is 6.07 Å². The number of ether oxygens (including phenoxy) is 1. The number of rotatable bonds is 5. The average molecular weight is 270 g/mol. The van der Waals surface area contributed by atoms with Crippen LogP contribution in [0.4, 0.5) is 5.69 Å². The predicted molar refractivity (Wildman–Crippen MR) is 73.2 cm³/mol. The molecule has 2 rings (SSSR count). The highest BCUT2D eigenvalue weighted by Crippen LogP contribution is 2.09. The van der Waals surface area contributed by atoms with Crippen LogP contribution in [0.15, 0.2) is 36.7 Å². The van der Waals surface area contributed by atoms with Crippen molar-refractivity contribution in [2.75, 3.05) is 19.0 Å². The van der Waals surface area contributed by atoms with Crippen molar-refractivity contribution in [1.82, 2.24) is 9.78 Å². The molecule has 102 valence electrons. The van der Waals surface area contributed by atoms with E-state index in [2.05, 4.69) is 10.4 Å². The first kappa shape index (κ1) is 13.8. The number of benzene rings is 1. The Labute approximate surface area is 116 Å². The first-order valence-corrected chi connectivity index (χ1v) is 6.06. The summed E-state index contributed by atoms with van der Waals surface area (Å²) in [5.74, 6) is -0.235. The van der Waals surface area contributed by atoms with E-state index in [4.69, 9.17) is 10.00 Å². The van der Waals surface area contributed by atoms with Crippen LogP contribution in [-0.2, 0) is 11.3 Å². The number of methoxy groups -OCH3 is 1. The van der Waals surface area contributed by atoms with Gasteiger partial charge in [0.25, 0.3) is 5.91 Å². The number of aromatic nitrogens is 2. The van der Waals surface area contributed by atoms with Crippen LogP contribution in [0.3, 0.4) is 0 Å². The molecule has 1 aromatic heterocycles. The van der Waals surface area contributed by atoms with Gasteiger partial charge in [-0.05, 0) is 24.3 Å². The second kappa shape index (κ2) is 6.50. The number of nitrogens with zero attached hydrogens (tertiary/aromatic N) is 3. The first-order valence-electron chi connectivity index (χ1n) is 6.06. The Balaban J connectivity index is 2.00. The summed E-state index contributed by atoms with van der Waals surface area (Å²) in [6, 6.07) is 8.45. The van der Waals surface area contributed by atoms with Crippen molar-refractivity contribution < 1.29 is 9.53 Å². The minimum atomic E-state index is -0.235. The predicted octanol–water partition coefficient (Wildman–Crippen LogP) is 1.65. The van der Waals surface area contributed by atoms with Crippen LogP contribution in [0.1, 0.15) is 15.9 Å². The molecule has 1 aromatic carbocycles. The van der Waals surface area contributed by atoms with Crippen molar-refractivity contribution in [1.29, 1.82) is 5.26 Å². The third kappa shape index (κ3) is 3.43. The lowest BCUT2D eigenvalue weighted by atomic mass is 10.1. The normalized spacial score (nSPS) is 10.0. The molecule has 0 spiro atoms. The van der Waals surface area contributed by atoms with Gasteiger partial charge in [0.2, 0.25) is 0 Å². The van der Waals surface area contributed by atoms with E-state index < -0.39 is 0 Å². The summed E-state index contributed by atoms with van der Waals surface area (Å²) >= 11 is 0. The molecule has 1 heterocycles. The molecule has 0 fully saturated rings. The van der Waals surface area contributed by atoms with Crippen molar-refractivity contribution in [2.45, 2.75) is 6.54 Å². The molecule has 0 radical (unpaired) electrons. The van der Waals surface area contributed by atoms with Crippen LogP contribution in [0.2, 0.25) is 0 Å². The summed E-state index contributed by atoms with van der Waals surface area (Å²) in [4.78, 5) is 12.0. The summed E-state index contributed by atoms with van der Waals surface area (Å²) < 4.78 is 6.65. The van der Waals surface area contributed by atoms with Crippen molar-refractivity contribution >= 4 is 11.6 Å². The van der Waals surface area contributed by atoms with Crippen LogP contribution in [-0.4, -0.2) is 29.4 Å². The Morgan fingerprint density at radius 1 is 1.45 bits per heavy atom. The second-order valence-electron chi connectivity index (χ2n) is 4.13. The van der Waals surface area contributed by atoms with Gasteiger partial charge >= 0.3 is 0 Å². The highest BCUT2D eigenvalue weighted by molar-refractivity contribution is 6.04. The second-order valence-corrected chi connectivity index (χ2v) is 4.13. The van der Waals surface area contributed by atoms with Gasteiger partial charge in [0, 0.05) is 18.9 Å². The summed E-state index contributed by atoms with van der Waals surface area (Å²) in [7, 11) is 1.62. The maximum Gasteiger partial charge on any atom is 0.255 e. The van der Waals surface area contributed by atoms with Gasteiger partial charge in [0.05, 0.1) is 36.7 Å². The highest BCUT2D eigenvalue weighted by atomic mass is 16.5. The Kier molecular flexibility index (Phi) is 4.47. The van der Waals surface area contributed by atoms with Crippen molar-refractivity contribution in [3.05, 3.63) is 47.8 Å². The summed E-state index contributed by atoms with van der Waals surface area (Å²) in [5.41, 5.74) is 1.64. The fraction of sp³-hybridized carbons (Fsp3) is 0.214.